The van der Waals surface area contributed by atoms with Crippen molar-refractivity contribution < 1.29 is 18.9 Å². The second kappa shape index (κ2) is 13.3. The minimum atomic E-state index is 0.0394. The van der Waals surface area contributed by atoms with E-state index in [1.165, 1.54) is 5.56 Å². The minimum absolute atomic E-state index is 0.0394. The third-order valence-electron chi connectivity index (χ3n) is 7.14. The highest BCUT2D eigenvalue weighted by Gasteiger charge is 2.27. The van der Waals surface area contributed by atoms with Crippen LogP contribution in [0.2, 0.25) is 0 Å². The van der Waals surface area contributed by atoms with E-state index in [0.29, 0.717) is 32.0 Å². The molecule has 1 aliphatic heterocycles. The number of benzene rings is 4. The molecule has 0 spiro atoms. The third-order valence-corrected chi connectivity index (χ3v) is 7.14. The van der Waals surface area contributed by atoms with Crippen molar-refractivity contribution in [2.24, 2.45) is 0 Å². The van der Waals surface area contributed by atoms with Crippen LogP contribution in [0.3, 0.4) is 0 Å². The van der Waals surface area contributed by atoms with Crippen LogP contribution < -0.4 is 14.8 Å². The highest BCUT2D eigenvalue weighted by molar-refractivity contribution is 5.89. The smallest absolute Gasteiger partial charge is 0.132 e. The van der Waals surface area contributed by atoms with Crippen molar-refractivity contribution in [1.82, 2.24) is 5.32 Å². The molecule has 0 radical (unpaired) electrons. The maximum absolute atomic E-state index is 9.11. The summed E-state index contributed by atoms with van der Waals surface area (Å²) in [5.74, 6) is 1.96. The topological polar surface area (TPSA) is 72.7 Å². The van der Waals surface area contributed by atoms with Gasteiger partial charge in [-0.25, -0.2) is 0 Å². The molecule has 5 rings (SSSR count). The zero-order chi connectivity index (χ0) is 26.9. The Bertz CT molecular complexity index is 1410. The molecule has 2 unspecified atom stereocenters. The van der Waals surface area contributed by atoms with Gasteiger partial charge in [-0.1, -0.05) is 60.7 Å². The highest BCUT2D eigenvalue weighted by Crippen LogP contribution is 2.33. The van der Waals surface area contributed by atoms with Crippen LogP contribution in [0.4, 0.5) is 0 Å². The number of hydrogen-bond donors (Lipinski definition) is 1. The standard InChI is InChI=1S/C33H34N2O4/c1-36-17-18-37-33-28(10-9-26-7-2-3-8-31(26)33)23-39-32-21-35-16-15-30(32)27-11-13-29(14-12-27)38-22-25-6-4-5-24(19-25)20-34/h2-14,19,30,32,35H,15-18,21-23H2,1H3. The number of methoxy groups -OCH3 is 1. The summed E-state index contributed by atoms with van der Waals surface area (Å²) in [7, 11) is 1.68. The summed E-state index contributed by atoms with van der Waals surface area (Å²) < 4.78 is 23.9. The van der Waals surface area contributed by atoms with Crippen LogP contribution in [0.25, 0.3) is 10.8 Å². The Morgan fingerprint density at radius 1 is 0.897 bits per heavy atom. The van der Waals surface area contributed by atoms with Gasteiger partial charge in [-0.2, -0.15) is 5.26 Å². The van der Waals surface area contributed by atoms with E-state index in [1.807, 2.05) is 42.5 Å². The zero-order valence-corrected chi connectivity index (χ0v) is 22.3. The van der Waals surface area contributed by atoms with E-state index in [-0.39, 0.29) is 12.0 Å². The molecule has 0 aliphatic carbocycles. The molecule has 0 saturated carbocycles. The predicted molar refractivity (Wildman–Crippen MR) is 152 cm³/mol. The molecule has 2 atom stereocenters. The average Bonchev–Trinajstić information content (AvgIpc) is 3.00. The highest BCUT2D eigenvalue weighted by atomic mass is 16.5. The lowest BCUT2D eigenvalue weighted by Gasteiger charge is -2.33. The van der Waals surface area contributed by atoms with Crippen molar-refractivity contribution >= 4 is 10.8 Å². The lowest BCUT2D eigenvalue weighted by molar-refractivity contribution is 0.00951. The molecule has 1 fully saturated rings. The van der Waals surface area contributed by atoms with Gasteiger partial charge < -0.3 is 24.3 Å². The van der Waals surface area contributed by atoms with Crippen LogP contribution in [0, 0.1) is 11.3 Å². The summed E-state index contributed by atoms with van der Waals surface area (Å²) >= 11 is 0. The Kier molecular flexibility index (Phi) is 9.08. The number of nitriles is 1. The lowest BCUT2D eigenvalue weighted by Crippen LogP contribution is -2.41. The van der Waals surface area contributed by atoms with E-state index in [4.69, 9.17) is 24.2 Å². The second-order valence-electron chi connectivity index (χ2n) is 9.73. The molecule has 1 aliphatic rings. The summed E-state index contributed by atoms with van der Waals surface area (Å²) in [5.41, 5.74) is 3.90. The maximum Gasteiger partial charge on any atom is 0.132 e. The molecular weight excluding hydrogens is 488 g/mol. The van der Waals surface area contributed by atoms with Gasteiger partial charge in [-0.15, -0.1) is 0 Å². The Morgan fingerprint density at radius 3 is 2.62 bits per heavy atom. The minimum Gasteiger partial charge on any atom is -0.490 e. The number of nitrogens with one attached hydrogen (secondary N) is 1. The van der Waals surface area contributed by atoms with Crippen LogP contribution in [0.5, 0.6) is 11.5 Å². The van der Waals surface area contributed by atoms with Crippen LogP contribution in [0.1, 0.15) is 34.6 Å². The number of nitrogens with zero attached hydrogens (tertiary/aromatic N) is 1. The molecule has 4 aromatic rings. The number of piperidine rings is 1. The number of ether oxygens (including phenoxy) is 4. The van der Waals surface area contributed by atoms with Gasteiger partial charge in [0.05, 0.1) is 31.0 Å². The van der Waals surface area contributed by atoms with E-state index >= 15 is 0 Å². The molecule has 0 amide bonds. The van der Waals surface area contributed by atoms with Crippen molar-refractivity contribution in [3.05, 3.63) is 107 Å². The van der Waals surface area contributed by atoms with Gasteiger partial charge in [0.15, 0.2) is 0 Å². The van der Waals surface area contributed by atoms with Gasteiger partial charge in [-0.05, 0) is 53.7 Å². The summed E-state index contributed by atoms with van der Waals surface area (Å²) in [6.07, 6.45) is 1.04. The van der Waals surface area contributed by atoms with Gasteiger partial charge in [0, 0.05) is 30.5 Å². The summed E-state index contributed by atoms with van der Waals surface area (Å²) in [4.78, 5) is 0. The van der Waals surface area contributed by atoms with E-state index < -0.39 is 0 Å². The molecule has 6 heteroatoms. The largest absolute Gasteiger partial charge is 0.490 e. The summed E-state index contributed by atoms with van der Waals surface area (Å²) in [6, 6.07) is 30.5. The summed E-state index contributed by atoms with van der Waals surface area (Å²) in [5, 5.41) is 14.8. The fourth-order valence-corrected chi connectivity index (χ4v) is 5.09. The fraction of sp³-hybridized carbons (Fsp3) is 0.303. The number of rotatable bonds is 11. The van der Waals surface area contributed by atoms with Crippen molar-refractivity contribution in [3.63, 3.8) is 0 Å². The molecule has 0 bridgehead atoms. The molecule has 1 saturated heterocycles. The van der Waals surface area contributed by atoms with Crippen molar-refractivity contribution in [3.8, 4) is 17.6 Å². The van der Waals surface area contributed by atoms with Crippen molar-refractivity contribution in [2.45, 2.75) is 31.7 Å². The van der Waals surface area contributed by atoms with Crippen molar-refractivity contribution in [2.75, 3.05) is 33.4 Å². The molecule has 1 heterocycles. The molecule has 4 aromatic carbocycles. The van der Waals surface area contributed by atoms with Gasteiger partial charge in [-0.3, -0.25) is 0 Å². The van der Waals surface area contributed by atoms with Crippen LogP contribution in [-0.2, 0) is 22.7 Å². The number of hydrogen-bond acceptors (Lipinski definition) is 6. The molecule has 6 nitrogen and oxygen atoms in total. The van der Waals surface area contributed by atoms with Crippen molar-refractivity contribution in [1.29, 1.82) is 5.26 Å². The van der Waals surface area contributed by atoms with E-state index in [0.717, 1.165) is 52.9 Å². The monoisotopic (exact) mass is 522 g/mol. The molecule has 39 heavy (non-hydrogen) atoms. The predicted octanol–water partition coefficient (Wildman–Crippen LogP) is 5.98. The Morgan fingerprint density at radius 2 is 1.77 bits per heavy atom. The van der Waals surface area contributed by atoms with E-state index in [2.05, 4.69) is 47.8 Å². The molecule has 200 valence electrons. The van der Waals surface area contributed by atoms with Gasteiger partial charge >= 0.3 is 0 Å². The first-order chi connectivity index (χ1) is 19.2. The molecular formula is C33H34N2O4. The first-order valence-corrected chi connectivity index (χ1v) is 13.4. The average molecular weight is 523 g/mol. The SMILES string of the molecule is COCCOc1c(COC2CNCCC2c2ccc(OCc3cccc(C#N)c3)cc2)ccc2ccccc12. The fourth-order valence-electron chi connectivity index (χ4n) is 5.09. The summed E-state index contributed by atoms with van der Waals surface area (Å²) in [6.45, 7) is 3.67. The number of fused-ring (bicyclic) bond motifs is 1. The Labute approximate surface area is 230 Å². The zero-order valence-electron chi connectivity index (χ0n) is 22.3. The van der Waals surface area contributed by atoms with Gasteiger partial charge in [0.2, 0.25) is 0 Å². The van der Waals surface area contributed by atoms with Crippen LogP contribution in [-0.4, -0.2) is 39.5 Å². The first kappa shape index (κ1) is 26.7. The van der Waals surface area contributed by atoms with E-state index in [1.54, 1.807) is 13.2 Å². The normalized spacial score (nSPS) is 17.0. The molecule has 0 aromatic heterocycles. The van der Waals surface area contributed by atoms with E-state index in [9.17, 15) is 0 Å². The molecule has 1 N–H and O–H groups in total. The first-order valence-electron chi connectivity index (χ1n) is 13.4. The Hall–Kier alpha value is -3.89. The second-order valence-corrected chi connectivity index (χ2v) is 9.73. The van der Waals surface area contributed by atoms with Gasteiger partial charge in [0.1, 0.15) is 24.7 Å². The Balaban J connectivity index is 1.25. The maximum atomic E-state index is 9.11. The van der Waals surface area contributed by atoms with Crippen LogP contribution in [0.15, 0.2) is 84.9 Å². The lowest BCUT2D eigenvalue weighted by atomic mass is 9.87. The quantitative estimate of drug-likeness (QED) is 0.245. The van der Waals surface area contributed by atoms with Crippen LogP contribution >= 0.6 is 0 Å². The third kappa shape index (κ3) is 6.76. The van der Waals surface area contributed by atoms with Gasteiger partial charge in [0.25, 0.3) is 0 Å².